The molecule has 0 amide bonds. The molecule has 8 heteroatoms. The first-order chi connectivity index (χ1) is 21.5. The monoisotopic (exact) mass is 618 g/mol. The fraction of sp³-hybridized carbons (Fsp3) is 0.167. The van der Waals surface area contributed by atoms with Gasteiger partial charge in [0.15, 0.2) is 0 Å². The van der Waals surface area contributed by atoms with Crippen LogP contribution in [0.2, 0.25) is 0 Å². The van der Waals surface area contributed by atoms with E-state index >= 15 is 0 Å². The minimum absolute atomic E-state index is 0.876. The van der Waals surface area contributed by atoms with E-state index in [-0.39, 0.29) is 0 Å². The van der Waals surface area contributed by atoms with Crippen LogP contribution in [0.25, 0.3) is 21.5 Å². The van der Waals surface area contributed by atoms with E-state index in [1.165, 1.54) is 0 Å². The van der Waals surface area contributed by atoms with Crippen molar-refractivity contribution >= 4 is 49.5 Å². The molecule has 0 heterocycles. The summed E-state index contributed by atoms with van der Waals surface area (Å²) in [6, 6.07) is 32.3. The van der Waals surface area contributed by atoms with Gasteiger partial charge in [0.2, 0.25) is 0 Å². The highest BCUT2D eigenvalue weighted by atomic mass is 28.4. The third-order valence-electron chi connectivity index (χ3n) is 7.68. The van der Waals surface area contributed by atoms with Gasteiger partial charge in [-0.1, -0.05) is 96.5 Å². The lowest BCUT2D eigenvalue weighted by Gasteiger charge is -2.24. The predicted octanol–water partition coefficient (Wildman–Crippen LogP) is 4.96. The van der Waals surface area contributed by atoms with Gasteiger partial charge in [0.1, 0.15) is 0 Å². The molecule has 0 aliphatic heterocycles. The lowest BCUT2D eigenvalue weighted by molar-refractivity contribution is 0.140. The van der Waals surface area contributed by atoms with Crippen molar-refractivity contribution < 1.29 is 26.6 Å². The van der Waals surface area contributed by atoms with Gasteiger partial charge in [0.05, 0.1) is 0 Å². The van der Waals surface area contributed by atoms with Crippen molar-refractivity contribution in [3.8, 4) is 23.7 Å². The Morgan fingerprint density at radius 2 is 0.636 bits per heavy atom. The van der Waals surface area contributed by atoms with Gasteiger partial charge in [-0.05, 0) is 45.8 Å². The van der Waals surface area contributed by atoms with Crippen LogP contribution < -0.4 is 10.4 Å². The van der Waals surface area contributed by atoms with E-state index in [9.17, 15) is 0 Å². The highest BCUT2D eigenvalue weighted by Crippen LogP contribution is 2.32. The zero-order valence-electron chi connectivity index (χ0n) is 25.7. The number of fused-ring (bicyclic) bond motifs is 2. The molecule has 0 saturated carbocycles. The van der Waals surface area contributed by atoms with E-state index in [2.05, 4.69) is 47.9 Å². The molecular weight excluding hydrogens is 585 g/mol. The molecule has 44 heavy (non-hydrogen) atoms. The van der Waals surface area contributed by atoms with Gasteiger partial charge in [-0.25, -0.2) is 0 Å². The molecule has 0 spiro atoms. The summed E-state index contributed by atoms with van der Waals surface area (Å²) >= 11 is 0. The third kappa shape index (κ3) is 5.86. The molecular formula is C36H34O6Si2. The fourth-order valence-corrected chi connectivity index (χ4v) is 8.95. The quantitative estimate of drug-likeness (QED) is 0.139. The van der Waals surface area contributed by atoms with E-state index in [1.54, 1.807) is 42.7 Å². The Kier molecular flexibility index (Phi) is 9.77. The van der Waals surface area contributed by atoms with Gasteiger partial charge in [0, 0.05) is 75.3 Å². The highest BCUT2D eigenvalue weighted by Gasteiger charge is 2.41. The molecule has 0 aliphatic rings. The summed E-state index contributed by atoms with van der Waals surface area (Å²) in [5.74, 6) is 13.7. The first kappa shape index (κ1) is 31.4. The van der Waals surface area contributed by atoms with Gasteiger partial charge < -0.3 is 26.6 Å². The van der Waals surface area contributed by atoms with Crippen LogP contribution >= 0.6 is 0 Å². The van der Waals surface area contributed by atoms with Crippen molar-refractivity contribution in [1.29, 1.82) is 0 Å². The molecule has 0 aliphatic carbocycles. The fourth-order valence-electron chi connectivity index (χ4n) is 5.39. The first-order valence-corrected chi connectivity index (χ1v) is 17.4. The summed E-state index contributed by atoms with van der Waals surface area (Å²) in [5, 5.41) is 5.96. The molecule has 0 atom stereocenters. The molecule has 0 fully saturated rings. The molecule has 0 bridgehead atoms. The van der Waals surface area contributed by atoms with Crippen LogP contribution in [-0.2, 0) is 26.6 Å². The number of hydrogen-bond donors (Lipinski definition) is 0. The van der Waals surface area contributed by atoms with E-state index in [0.29, 0.717) is 0 Å². The minimum Gasteiger partial charge on any atom is -0.373 e. The molecule has 5 aromatic carbocycles. The van der Waals surface area contributed by atoms with Crippen LogP contribution in [0.5, 0.6) is 0 Å². The Morgan fingerprint density at radius 1 is 0.364 bits per heavy atom. The molecule has 0 radical (unpaired) electrons. The molecule has 0 aromatic heterocycles. The van der Waals surface area contributed by atoms with Gasteiger partial charge in [-0.15, -0.1) is 0 Å². The standard InChI is InChI=1S/C36H34O6Si2/c1-37-43(38-2,39-3)29-21-15-27(16-22-29)19-25-35-31-11-7-9-13-33(31)36(34-14-10-8-12-32(34)35)26-20-28-17-23-30(24-18-28)44(40-4,41-5)42-6/h7-18,21-24H,1-6H3. The average Bonchev–Trinajstić information content (AvgIpc) is 3.09. The minimum atomic E-state index is -2.91. The Bertz CT molecular complexity index is 1680. The second kappa shape index (κ2) is 13.7. The molecule has 222 valence electrons. The van der Waals surface area contributed by atoms with Gasteiger partial charge in [-0.3, -0.25) is 0 Å². The van der Waals surface area contributed by atoms with Crippen molar-refractivity contribution in [2.45, 2.75) is 0 Å². The summed E-state index contributed by atoms with van der Waals surface area (Å²) in [4.78, 5) is 0. The van der Waals surface area contributed by atoms with Crippen molar-refractivity contribution in [3.63, 3.8) is 0 Å². The Balaban J connectivity index is 1.57. The maximum absolute atomic E-state index is 5.61. The van der Waals surface area contributed by atoms with Gasteiger partial charge in [0.25, 0.3) is 0 Å². The molecule has 6 nitrogen and oxygen atoms in total. The average molecular weight is 619 g/mol. The van der Waals surface area contributed by atoms with Crippen LogP contribution in [-0.4, -0.2) is 60.3 Å². The van der Waals surface area contributed by atoms with E-state index in [4.69, 9.17) is 26.6 Å². The third-order valence-corrected chi connectivity index (χ3v) is 13.0. The van der Waals surface area contributed by atoms with Crippen molar-refractivity contribution in [2.24, 2.45) is 0 Å². The molecule has 0 unspecified atom stereocenters. The largest absolute Gasteiger partial charge is 0.536 e. The second-order valence-electron chi connectivity index (χ2n) is 9.83. The first-order valence-electron chi connectivity index (χ1n) is 14.0. The normalized spacial score (nSPS) is 11.6. The maximum Gasteiger partial charge on any atom is 0.536 e. The highest BCUT2D eigenvalue weighted by molar-refractivity contribution is 6.75. The summed E-state index contributed by atoms with van der Waals surface area (Å²) in [6.07, 6.45) is 0. The van der Waals surface area contributed by atoms with E-state index in [0.717, 1.165) is 54.2 Å². The van der Waals surface area contributed by atoms with Crippen LogP contribution in [0.15, 0.2) is 97.1 Å². The lowest BCUT2D eigenvalue weighted by Crippen LogP contribution is -2.54. The smallest absolute Gasteiger partial charge is 0.373 e. The predicted molar refractivity (Wildman–Crippen MR) is 179 cm³/mol. The summed E-state index contributed by atoms with van der Waals surface area (Å²) in [5.41, 5.74) is 3.68. The Morgan fingerprint density at radius 3 is 0.886 bits per heavy atom. The lowest BCUT2D eigenvalue weighted by atomic mass is 9.92. The summed E-state index contributed by atoms with van der Waals surface area (Å²) in [7, 11) is 3.80. The van der Waals surface area contributed by atoms with Gasteiger partial charge >= 0.3 is 17.6 Å². The Labute approximate surface area is 261 Å². The molecule has 0 saturated heterocycles. The molecule has 5 aromatic rings. The second-order valence-corrected chi connectivity index (χ2v) is 15.7. The number of hydrogen-bond acceptors (Lipinski definition) is 6. The van der Waals surface area contributed by atoms with Crippen molar-refractivity contribution in [3.05, 3.63) is 119 Å². The van der Waals surface area contributed by atoms with E-state index in [1.807, 2.05) is 72.8 Å². The van der Waals surface area contributed by atoms with Crippen LogP contribution in [0.4, 0.5) is 0 Å². The van der Waals surface area contributed by atoms with Crippen molar-refractivity contribution in [2.75, 3.05) is 42.7 Å². The molecule has 0 N–H and O–H groups in total. The summed E-state index contributed by atoms with van der Waals surface area (Å²) in [6.45, 7) is 0. The van der Waals surface area contributed by atoms with Crippen LogP contribution in [0.1, 0.15) is 22.3 Å². The van der Waals surface area contributed by atoms with Crippen molar-refractivity contribution in [1.82, 2.24) is 0 Å². The molecule has 5 rings (SSSR count). The van der Waals surface area contributed by atoms with Crippen LogP contribution in [0, 0.1) is 23.7 Å². The maximum atomic E-state index is 5.61. The zero-order chi connectivity index (χ0) is 31.2. The van der Waals surface area contributed by atoms with Gasteiger partial charge in [-0.2, -0.15) is 0 Å². The van der Waals surface area contributed by atoms with Crippen LogP contribution in [0.3, 0.4) is 0 Å². The SMILES string of the molecule is CO[Si](OC)(OC)c1ccc(C#Cc2c3ccccc3c(C#Cc3ccc([Si](OC)(OC)OC)cc3)c3ccccc23)cc1. The Hall–Kier alpha value is -4.07. The topological polar surface area (TPSA) is 55.4 Å². The van der Waals surface area contributed by atoms with E-state index < -0.39 is 17.6 Å². The summed E-state index contributed by atoms with van der Waals surface area (Å²) < 4.78 is 33.7. The zero-order valence-corrected chi connectivity index (χ0v) is 27.7. The number of rotatable bonds is 8. The number of benzene rings is 5.